The van der Waals surface area contributed by atoms with E-state index in [1.54, 1.807) is 0 Å². The molecule has 1 heterocycles. The van der Waals surface area contributed by atoms with Gasteiger partial charge in [0.05, 0.1) is 0 Å². The normalized spacial score (nSPS) is 20.7. The molecule has 13 heavy (non-hydrogen) atoms. The third-order valence-electron chi connectivity index (χ3n) is 2.61. The molecule has 0 radical (unpaired) electrons. The Kier molecular flexibility index (Phi) is 3.49. The van der Waals surface area contributed by atoms with E-state index in [1.165, 1.54) is 29.7 Å². The minimum atomic E-state index is 1.11. The van der Waals surface area contributed by atoms with Crippen LogP contribution < -0.4 is 0 Å². The fraction of sp³-hybridized carbons (Fsp3) is 0.500. The van der Waals surface area contributed by atoms with Crippen LogP contribution in [0, 0.1) is 0 Å². The first-order chi connectivity index (χ1) is 6.15. The van der Waals surface area contributed by atoms with E-state index in [0.29, 0.717) is 0 Å². The minimum absolute atomic E-state index is 1.11. The highest BCUT2D eigenvalue weighted by atomic mass is 15.1. The lowest BCUT2D eigenvalue weighted by Gasteiger charge is -2.26. The smallest absolute Gasteiger partial charge is 0.0193 e. The first-order valence-electron chi connectivity index (χ1n) is 4.82. The lowest BCUT2D eigenvalue weighted by molar-refractivity contribution is 0.349. The third-order valence-corrected chi connectivity index (χ3v) is 2.61. The van der Waals surface area contributed by atoms with Gasteiger partial charge in [-0.3, -0.25) is 0 Å². The molecule has 0 spiro atoms. The van der Waals surface area contributed by atoms with Crippen molar-refractivity contribution < 1.29 is 0 Å². The predicted octanol–water partition coefficient (Wildman–Crippen LogP) is 2.77. The van der Waals surface area contributed by atoms with Crippen LogP contribution in [0.1, 0.15) is 20.3 Å². The molecular formula is C12H19N. The maximum atomic E-state index is 3.73. The van der Waals surface area contributed by atoms with Crippen molar-refractivity contribution in [1.29, 1.82) is 0 Å². The molecular weight excluding hydrogens is 158 g/mol. The van der Waals surface area contributed by atoms with Crippen LogP contribution in [0.25, 0.3) is 0 Å². The van der Waals surface area contributed by atoms with Crippen molar-refractivity contribution in [2.45, 2.75) is 20.3 Å². The van der Waals surface area contributed by atoms with Gasteiger partial charge in [-0.1, -0.05) is 24.3 Å². The van der Waals surface area contributed by atoms with Crippen LogP contribution >= 0.6 is 0 Å². The van der Waals surface area contributed by atoms with Crippen molar-refractivity contribution >= 4 is 0 Å². The number of hydrogen-bond acceptors (Lipinski definition) is 1. The second-order valence-electron chi connectivity index (χ2n) is 3.83. The summed E-state index contributed by atoms with van der Waals surface area (Å²) < 4.78 is 0. The van der Waals surface area contributed by atoms with Gasteiger partial charge >= 0.3 is 0 Å². The lowest BCUT2D eigenvalue weighted by atomic mass is 9.95. The number of nitrogens with zero attached hydrogens (tertiary/aromatic N) is 1. The van der Waals surface area contributed by atoms with Crippen LogP contribution in [0.4, 0.5) is 0 Å². The summed E-state index contributed by atoms with van der Waals surface area (Å²) in [6, 6.07) is 0. The maximum Gasteiger partial charge on any atom is 0.0193 e. The number of rotatable bonds is 2. The highest BCUT2D eigenvalue weighted by molar-refractivity contribution is 5.37. The molecule has 0 aromatic carbocycles. The first-order valence-corrected chi connectivity index (χ1v) is 4.82. The van der Waals surface area contributed by atoms with Crippen LogP contribution in [0.2, 0.25) is 0 Å². The number of likely N-dealkylation sites (N-methyl/N-ethyl adjacent to an activating group) is 1. The summed E-state index contributed by atoms with van der Waals surface area (Å²) in [5.41, 5.74) is 4.41. The number of allylic oxidation sites excluding steroid dienone is 3. The van der Waals surface area contributed by atoms with Gasteiger partial charge in [0.25, 0.3) is 0 Å². The summed E-state index contributed by atoms with van der Waals surface area (Å²) in [5.74, 6) is 0. The molecule has 0 N–H and O–H groups in total. The SMILES string of the molecule is C=C/C=C(/C)C1=C(C)CN(C)CC1. The highest BCUT2D eigenvalue weighted by Crippen LogP contribution is 2.23. The Morgan fingerprint density at radius 3 is 2.77 bits per heavy atom. The van der Waals surface area contributed by atoms with E-state index in [1.807, 2.05) is 6.08 Å². The van der Waals surface area contributed by atoms with E-state index in [0.717, 1.165) is 6.54 Å². The van der Waals surface area contributed by atoms with Gasteiger partial charge < -0.3 is 4.90 Å². The average Bonchev–Trinajstić information content (AvgIpc) is 2.04. The van der Waals surface area contributed by atoms with Gasteiger partial charge in [-0.05, 0) is 38.5 Å². The zero-order chi connectivity index (χ0) is 9.84. The Balaban J connectivity index is 2.85. The summed E-state index contributed by atoms with van der Waals surface area (Å²) in [4.78, 5) is 2.36. The molecule has 0 saturated carbocycles. The van der Waals surface area contributed by atoms with E-state index >= 15 is 0 Å². The monoisotopic (exact) mass is 177 g/mol. The molecule has 1 nitrogen and oxygen atoms in total. The van der Waals surface area contributed by atoms with Crippen LogP contribution in [-0.2, 0) is 0 Å². The molecule has 0 unspecified atom stereocenters. The highest BCUT2D eigenvalue weighted by Gasteiger charge is 2.13. The van der Waals surface area contributed by atoms with Gasteiger partial charge in [0, 0.05) is 13.1 Å². The zero-order valence-corrected chi connectivity index (χ0v) is 8.93. The lowest BCUT2D eigenvalue weighted by Crippen LogP contribution is -2.27. The second-order valence-corrected chi connectivity index (χ2v) is 3.83. The fourth-order valence-electron chi connectivity index (χ4n) is 1.91. The van der Waals surface area contributed by atoms with Crippen molar-refractivity contribution in [2.75, 3.05) is 20.1 Å². The number of hydrogen-bond donors (Lipinski definition) is 0. The largest absolute Gasteiger partial charge is 0.302 e. The summed E-state index contributed by atoms with van der Waals surface area (Å²) in [6.45, 7) is 10.4. The van der Waals surface area contributed by atoms with E-state index in [4.69, 9.17) is 0 Å². The molecule has 0 bridgehead atoms. The van der Waals surface area contributed by atoms with Gasteiger partial charge in [-0.2, -0.15) is 0 Å². The van der Waals surface area contributed by atoms with E-state index in [-0.39, 0.29) is 0 Å². The fourth-order valence-corrected chi connectivity index (χ4v) is 1.91. The quantitative estimate of drug-likeness (QED) is 0.586. The first kappa shape index (κ1) is 10.3. The van der Waals surface area contributed by atoms with Gasteiger partial charge in [0.15, 0.2) is 0 Å². The minimum Gasteiger partial charge on any atom is -0.302 e. The Labute approximate surface area is 81.4 Å². The summed E-state index contributed by atoms with van der Waals surface area (Å²) >= 11 is 0. The third kappa shape index (κ3) is 2.56. The Bertz CT molecular complexity index is 258. The maximum absolute atomic E-state index is 3.73. The molecule has 1 heteroatoms. The molecule has 0 amide bonds. The molecule has 1 rings (SSSR count). The molecule has 1 aliphatic heterocycles. The molecule has 0 fully saturated rings. The van der Waals surface area contributed by atoms with E-state index in [2.05, 4.69) is 38.5 Å². The standard InChI is InChI=1S/C12H19N/c1-5-6-10(2)12-7-8-13(4)9-11(12)3/h5-6H,1,7-9H2,2-4H3/b10-6-. The van der Waals surface area contributed by atoms with Gasteiger partial charge in [-0.15, -0.1) is 0 Å². The summed E-state index contributed by atoms with van der Waals surface area (Å²) in [5, 5.41) is 0. The molecule has 0 aromatic heterocycles. The van der Waals surface area contributed by atoms with E-state index < -0.39 is 0 Å². The van der Waals surface area contributed by atoms with Crippen molar-refractivity contribution in [3.8, 4) is 0 Å². The van der Waals surface area contributed by atoms with Gasteiger partial charge in [0.1, 0.15) is 0 Å². The molecule has 1 aliphatic rings. The molecule has 0 aromatic rings. The molecule has 0 atom stereocenters. The molecule has 0 saturated heterocycles. The predicted molar refractivity (Wildman–Crippen MR) is 58.8 cm³/mol. The van der Waals surface area contributed by atoms with Crippen molar-refractivity contribution in [3.05, 3.63) is 35.5 Å². The topological polar surface area (TPSA) is 3.24 Å². The van der Waals surface area contributed by atoms with Crippen molar-refractivity contribution in [2.24, 2.45) is 0 Å². The second kappa shape index (κ2) is 4.43. The van der Waals surface area contributed by atoms with Crippen LogP contribution in [0.5, 0.6) is 0 Å². The van der Waals surface area contributed by atoms with Crippen molar-refractivity contribution in [1.82, 2.24) is 4.90 Å². The van der Waals surface area contributed by atoms with Gasteiger partial charge in [-0.25, -0.2) is 0 Å². The Morgan fingerprint density at radius 2 is 2.23 bits per heavy atom. The molecule has 72 valence electrons. The zero-order valence-electron chi connectivity index (χ0n) is 8.93. The van der Waals surface area contributed by atoms with Crippen LogP contribution in [-0.4, -0.2) is 25.0 Å². The van der Waals surface area contributed by atoms with E-state index in [9.17, 15) is 0 Å². The van der Waals surface area contributed by atoms with Crippen LogP contribution in [0.3, 0.4) is 0 Å². The van der Waals surface area contributed by atoms with Crippen LogP contribution in [0.15, 0.2) is 35.5 Å². The Morgan fingerprint density at radius 1 is 1.54 bits per heavy atom. The molecule has 0 aliphatic carbocycles. The van der Waals surface area contributed by atoms with Gasteiger partial charge in [0.2, 0.25) is 0 Å². The Hall–Kier alpha value is -0.820. The average molecular weight is 177 g/mol. The summed E-state index contributed by atoms with van der Waals surface area (Å²) in [7, 11) is 2.17. The summed E-state index contributed by atoms with van der Waals surface area (Å²) in [6.07, 6.45) is 5.15. The van der Waals surface area contributed by atoms with Crippen molar-refractivity contribution in [3.63, 3.8) is 0 Å².